The average Bonchev–Trinajstić information content (AvgIpc) is 2.35. The van der Waals surface area contributed by atoms with E-state index in [2.05, 4.69) is 0 Å². The van der Waals surface area contributed by atoms with Crippen LogP contribution in [0.2, 0.25) is 0 Å². The second kappa shape index (κ2) is 5.31. The minimum atomic E-state index is 0.0255. The van der Waals surface area contributed by atoms with Gasteiger partial charge in [0.1, 0.15) is 19.0 Å². The van der Waals surface area contributed by atoms with Gasteiger partial charge in [-0.1, -0.05) is 6.92 Å². The van der Waals surface area contributed by atoms with E-state index in [1.807, 2.05) is 25.1 Å². The van der Waals surface area contributed by atoms with E-state index in [9.17, 15) is 0 Å². The molecule has 92 valence electrons. The van der Waals surface area contributed by atoms with Crippen molar-refractivity contribution in [3.8, 4) is 11.5 Å². The summed E-state index contributed by atoms with van der Waals surface area (Å²) in [5.74, 6) is 1.78. The highest BCUT2D eigenvalue weighted by Gasteiger charge is 2.15. The Morgan fingerprint density at radius 1 is 1.41 bits per heavy atom. The summed E-state index contributed by atoms with van der Waals surface area (Å²) in [6, 6.07) is 5.83. The molecule has 0 amide bonds. The predicted octanol–water partition coefficient (Wildman–Crippen LogP) is 2.26. The molecule has 1 atom stereocenters. The van der Waals surface area contributed by atoms with Crippen LogP contribution >= 0.6 is 11.8 Å². The highest BCUT2D eigenvalue weighted by atomic mass is 32.2. The lowest BCUT2D eigenvalue weighted by molar-refractivity contribution is 0.171. The van der Waals surface area contributed by atoms with Crippen LogP contribution in [0.25, 0.3) is 0 Å². The number of thioether (sulfide) groups is 1. The highest BCUT2D eigenvalue weighted by Crippen LogP contribution is 2.35. The van der Waals surface area contributed by atoms with Crippen LogP contribution in [0.1, 0.15) is 13.3 Å². The van der Waals surface area contributed by atoms with E-state index >= 15 is 0 Å². The summed E-state index contributed by atoms with van der Waals surface area (Å²) in [6.45, 7) is 3.21. The number of amidine groups is 1. The fourth-order valence-corrected chi connectivity index (χ4v) is 2.57. The molecule has 0 radical (unpaired) electrons. The van der Waals surface area contributed by atoms with Crippen LogP contribution in [0.3, 0.4) is 0 Å². The summed E-state index contributed by atoms with van der Waals surface area (Å²) >= 11 is 1.58. The molecule has 1 unspecified atom stereocenters. The van der Waals surface area contributed by atoms with Crippen molar-refractivity contribution in [3.63, 3.8) is 0 Å². The summed E-state index contributed by atoms with van der Waals surface area (Å²) in [4.78, 5) is 1.05. The fourth-order valence-electron chi connectivity index (χ4n) is 1.63. The molecule has 0 saturated carbocycles. The Morgan fingerprint density at radius 3 is 2.76 bits per heavy atom. The molecule has 1 aromatic carbocycles. The number of benzene rings is 1. The van der Waals surface area contributed by atoms with Crippen molar-refractivity contribution < 1.29 is 9.47 Å². The van der Waals surface area contributed by atoms with Crippen molar-refractivity contribution in [3.05, 3.63) is 18.2 Å². The Balaban J connectivity index is 2.14. The third kappa shape index (κ3) is 2.85. The second-order valence-corrected chi connectivity index (χ2v) is 5.05. The Labute approximate surface area is 105 Å². The molecule has 0 bridgehead atoms. The van der Waals surface area contributed by atoms with Crippen molar-refractivity contribution in [1.82, 2.24) is 0 Å². The molecular formula is C12H16N2O2S. The molecule has 0 fully saturated rings. The zero-order valence-corrected chi connectivity index (χ0v) is 10.5. The lowest BCUT2D eigenvalue weighted by Crippen LogP contribution is -2.24. The van der Waals surface area contributed by atoms with Gasteiger partial charge in [0.2, 0.25) is 0 Å². The molecule has 0 spiro atoms. The number of nitrogens with one attached hydrogen (secondary N) is 1. The summed E-state index contributed by atoms with van der Waals surface area (Å²) in [5.41, 5.74) is 5.54. The average molecular weight is 252 g/mol. The van der Waals surface area contributed by atoms with Crippen LogP contribution in [-0.2, 0) is 0 Å². The van der Waals surface area contributed by atoms with E-state index < -0.39 is 0 Å². The van der Waals surface area contributed by atoms with E-state index in [0.29, 0.717) is 13.2 Å². The van der Waals surface area contributed by atoms with Crippen molar-refractivity contribution in [2.45, 2.75) is 23.5 Å². The van der Waals surface area contributed by atoms with Crippen molar-refractivity contribution in [2.75, 3.05) is 13.2 Å². The van der Waals surface area contributed by atoms with Crippen LogP contribution in [0, 0.1) is 5.41 Å². The molecular weight excluding hydrogens is 236 g/mol. The zero-order valence-electron chi connectivity index (χ0n) is 9.73. The van der Waals surface area contributed by atoms with Gasteiger partial charge >= 0.3 is 0 Å². The molecule has 0 saturated heterocycles. The van der Waals surface area contributed by atoms with E-state index in [1.165, 1.54) is 0 Å². The van der Waals surface area contributed by atoms with Gasteiger partial charge in [0.25, 0.3) is 0 Å². The number of rotatable bonds is 4. The summed E-state index contributed by atoms with van der Waals surface area (Å²) < 4.78 is 11.0. The van der Waals surface area contributed by atoms with Crippen molar-refractivity contribution in [1.29, 1.82) is 5.41 Å². The number of hydrogen-bond acceptors (Lipinski definition) is 4. The van der Waals surface area contributed by atoms with Gasteiger partial charge < -0.3 is 15.2 Å². The minimum Gasteiger partial charge on any atom is -0.486 e. The minimum absolute atomic E-state index is 0.0255. The Bertz CT molecular complexity index is 423. The van der Waals surface area contributed by atoms with Gasteiger partial charge in [-0.25, -0.2) is 0 Å². The number of nitrogens with two attached hydrogens (primary N) is 1. The molecule has 4 nitrogen and oxygen atoms in total. The molecule has 1 heterocycles. The largest absolute Gasteiger partial charge is 0.486 e. The van der Waals surface area contributed by atoms with E-state index in [1.54, 1.807) is 11.8 Å². The molecule has 1 aliphatic heterocycles. The zero-order chi connectivity index (χ0) is 12.3. The molecule has 1 aliphatic rings. The van der Waals surface area contributed by atoms with Gasteiger partial charge in [0.15, 0.2) is 11.5 Å². The second-order valence-electron chi connectivity index (χ2n) is 3.78. The molecule has 5 heteroatoms. The first kappa shape index (κ1) is 12.1. The number of fused-ring (bicyclic) bond motifs is 1. The molecule has 0 aromatic heterocycles. The monoisotopic (exact) mass is 252 g/mol. The number of hydrogen-bond donors (Lipinski definition) is 2. The van der Waals surface area contributed by atoms with Gasteiger partial charge in [-0.05, 0) is 24.6 Å². The van der Waals surface area contributed by atoms with Crippen LogP contribution in [0.15, 0.2) is 23.1 Å². The normalized spacial score (nSPS) is 15.4. The van der Waals surface area contributed by atoms with Gasteiger partial charge in [0, 0.05) is 4.90 Å². The Morgan fingerprint density at radius 2 is 2.12 bits per heavy atom. The predicted molar refractivity (Wildman–Crippen MR) is 69.3 cm³/mol. The number of ether oxygens (including phenoxy) is 2. The summed E-state index contributed by atoms with van der Waals surface area (Å²) in [5, 5.41) is 7.52. The third-order valence-electron chi connectivity index (χ3n) is 2.51. The third-order valence-corrected chi connectivity index (χ3v) is 3.91. The van der Waals surface area contributed by atoms with Crippen LogP contribution < -0.4 is 15.2 Å². The SMILES string of the molecule is CCC(Sc1ccc2c(c1)OCCO2)C(=N)N. The first-order valence-electron chi connectivity index (χ1n) is 5.61. The van der Waals surface area contributed by atoms with Crippen molar-refractivity contribution in [2.24, 2.45) is 5.73 Å². The maximum absolute atomic E-state index is 7.49. The van der Waals surface area contributed by atoms with E-state index in [4.69, 9.17) is 20.6 Å². The maximum atomic E-state index is 7.49. The van der Waals surface area contributed by atoms with E-state index in [-0.39, 0.29) is 11.1 Å². The first-order valence-corrected chi connectivity index (χ1v) is 6.49. The smallest absolute Gasteiger partial charge is 0.162 e. The summed E-state index contributed by atoms with van der Waals surface area (Å²) in [6.07, 6.45) is 0.842. The van der Waals surface area contributed by atoms with Crippen LogP contribution in [0.5, 0.6) is 11.5 Å². The summed E-state index contributed by atoms with van der Waals surface area (Å²) in [7, 11) is 0. The Hall–Kier alpha value is -1.36. The lowest BCUT2D eigenvalue weighted by atomic mass is 10.3. The topological polar surface area (TPSA) is 68.3 Å². The lowest BCUT2D eigenvalue weighted by Gasteiger charge is -2.19. The highest BCUT2D eigenvalue weighted by molar-refractivity contribution is 8.00. The Kier molecular flexibility index (Phi) is 3.78. The molecule has 0 aliphatic carbocycles. The van der Waals surface area contributed by atoms with Crippen LogP contribution in [-0.4, -0.2) is 24.3 Å². The standard InChI is InChI=1S/C12H16N2O2S/c1-2-11(12(13)14)17-8-3-4-9-10(7-8)16-6-5-15-9/h3-4,7,11H,2,5-6H2,1H3,(H3,13,14). The van der Waals surface area contributed by atoms with Crippen LogP contribution in [0.4, 0.5) is 0 Å². The van der Waals surface area contributed by atoms with Gasteiger partial charge in [-0.2, -0.15) is 0 Å². The van der Waals surface area contributed by atoms with Gasteiger partial charge in [-0.15, -0.1) is 11.8 Å². The molecule has 17 heavy (non-hydrogen) atoms. The quantitative estimate of drug-likeness (QED) is 0.490. The van der Waals surface area contributed by atoms with Gasteiger partial charge in [-0.3, -0.25) is 5.41 Å². The van der Waals surface area contributed by atoms with E-state index in [0.717, 1.165) is 22.8 Å². The molecule has 2 rings (SSSR count). The maximum Gasteiger partial charge on any atom is 0.162 e. The van der Waals surface area contributed by atoms with Crippen molar-refractivity contribution >= 4 is 17.6 Å². The molecule has 3 N–H and O–H groups in total. The molecule has 1 aromatic rings. The first-order chi connectivity index (χ1) is 8.20. The fraction of sp³-hybridized carbons (Fsp3) is 0.417. The van der Waals surface area contributed by atoms with Gasteiger partial charge in [0.05, 0.1) is 5.25 Å².